The molecule has 1 saturated heterocycles. The predicted molar refractivity (Wildman–Crippen MR) is 327 cm³/mol. The van der Waals surface area contributed by atoms with Crippen molar-refractivity contribution < 1.29 is 39.8 Å². The van der Waals surface area contributed by atoms with Gasteiger partial charge in [-0.15, -0.1) is 0 Å². The zero-order valence-electron chi connectivity index (χ0n) is 50.7. The SMILES string of the molecule is CCCCCCCCCC/C=C\CCCCCCCCCCCCCCCC(=O)NC(COC1OC(CO)C(O)C(O)C1O)C(O)/C=C/CC/C=C/CCCCCCCCCCCCCCCCCCCCCCCCC. The van der Waals surface area contributed by atoms with Crippen LogP contribution in [0.25, 0.3) is 0 Å². The number of rotatable bonds is 59. The molecule has 0 spiro atoms. The van der Waals surface area contributed by atoms with Crippen molar-refractivity contribution in [1.29, 1.82) is 0 Å². The van der Waals surface area contributed by atoms with Crippen LogP contribution in [0.5, 0.6) is 0 Å². The van der Waals surface area contributed by atoms with E-state index in [1.807, 2.05) is 6.08 Å². The lowest BCUT2D eigenvalue weighted by Gasteiger charge is -2.40. The Labute approximate surface area is 476 Å². The smallest absolute Gasteiger partial charge is 0.220 e. The highest BCUT2D eigenvalue weighted by Gasteiger charge is 2.44. The van der Waals surface area contributed by atoms with Crippen LogP contribution < -0.4 is 5.32 Å². The normalized spacial score (nSPS) is 18.9. The first kappa shape index (κ1) is 73.4. The number of unbranched alkanes of at least 4 members (excludes halogenated alkanes) is 45. The van der Waals surface area contributed by atoms with Crippen molar-refractivity contribution >= 4 is 5.91 Å². The van der Waals surface area contributed by atoms with Gasteiger partial charge in [-0.1, -0.05) is 307 Å². The first-order chi connectivity index (χ1) is 37.8. The van der Waals surface area contributed by atoms with Gasteiger partial charge >= 0.3 is 0 Å². The van der Waals surface area contributed by atoms with Crippen molar-refractivity contribution in [3.05, 3.63) is 36.5 Å². The molecule has 9 heteroatoms. The Morgan fingerprint density at radius 2 is 0.740 bits per heavy atom. The van der Waals surface area contributed by atoms with Gasteiger partial charge in [0.05, 0.1) is 25.4 Å². The van der Waals surface area contributed by atoms with Crippen LogP contribution in [0.2, 0.25) is 0 Å². The van der Waals surface area contributed by atoms with E-state index in [0.29, 0.717) is 6.42 Å². The number of amides is 1. The van der Waals surface area contributed by atoms with Crippen LogP contribution >= 0.6 is 0 Å². The van der Waals surface area contributed by atoms with Gasteiger partial charge in [0, 0.05) is 6.42 Å². The van der Waals surface area contributed by atoms with Gasteiger partial charge in [-0.25, -0.2) is 0 Å². The molecule has 77 heavy (non-hydrogen) atoms. The third kappa shape index (κ3) is 46.7. The standard InChI is InChI=1S/C68H129NO8/c1-3-5-7-9-11-13-15-17-19-21-23-25-27-29-30-31-32-34-35-37-39-41-43-45-47-49-51-53-55-57-62(71)61(60-76-68-67(75)66(74)65(73)63(59-70)77-68)69-64(72)58-56-54-52-50-48-46-44-42-40-38-36-33-28-26-24-22-20-18-16-14-12-10-8-6-4-2/h22,24,47,49,55,57,61-63,65-68,70-71,73-75H,3-21,23,25-46,48,50-54,56,58-60H2,1-2H3,(H,69,72)/b24-22-,49-47+,57-55+. The van der Waals surface area contributed by atoms with Crippen molar-refractivity contribution in [3.63, 3.8) is 0 Å². The molecule has 7 atom stereocenters. The molecule has 0 bridgehead atoms. The number of allylic oxidation sites excluding steroid dienone is 5. The number of nitrogens with one attached hydrogen (secondary N) is 1. The van der Waals surface area contributed by atoms with Crippen LogP contribution in [0.3, 0.4) is 0 Å². The van der Waals surface area contributed by atoms with Crippen molar-refractivity contribution in [1.82, 2.24) is 5.32 Å². The maximum Gasteiger partial charge on any atom is 0.220 e. The first-order valence-corrected chi connectivity index (χ1v) is 33.7. The highest BCUT2D eigenvalue weighted by atomic mass is 16.7. The van der Waals surface area contributed by atoms with Crippen molar-refractivity contribution in [2.45, 2.75) is 378 Å². The molecule has 0 aliphatic carbocycles. The van der Waals surface area contributed by atoms with E-state index in [2.05, 4.69) is 43.5 Å². The largest absolute Gasteiger partial charge is 0.394 e. The lowest BCUT2D eigenvalue weighted by Crippen LogP contribution is -2.60. The highest BCUT2D eigenvalue weighted by molar-refractivity contribution is 5.76. The summed E-state index contributed by atoms with van der Waals surface area (Å²) >= 11 is 0. The van der Waals surface area contributed by atoms with E-state index in [0.717, 1.165) is 38.5 Å². The van der Waals surface area contributed by atoms with Crippen LogP contribution in [0, 0.1) is 0 Å². The number of hydrogen-bond acceptors (Lipinski definition) is 8. The number of hydrogen-bond donors (Lipinski definition) is 6. The molecule has 0 radical (unpaired) electrons. The van der Waals surface area contributed by atoms with E-state index in [9.17, 15) is 30.3 Å². The van der Waals surface area contributed by atoms with Gasteiger partial charge in [-0.3, -0.25) is 4.79 Å². The fraction of sp³-hybridized carbons (Fsp3) is 0.897. The van der Waals surface area contributed by atoms with Crippen LogP contribution in [-0.2, 0) is 14.3 Å². The Balaban J connectivity index is 2.17. The number of carbonyl (C=O) groups excluding carboxylic acids is 1. The van der Waals surface area contributed by atoms with Crippen molar-refractivity contribution in [2.24, 2.45) is 0 Å². The summed E-state index contributed by atoms with van der Waals surface area (Å²) in [5, 5.41) is 54.7. The van der Waals surface area contributed by atoms with Crippen LogP contribution in [0.4, 0.5) is 0 Å². The molecule has 9 nitrogen and oxygen atoms in total. The van der Waals surface area contributed by atoms with E-state index in [-0.39, 0.29) is 12.5 Å². The molecule has 6 N–H and O–H groups in total. The van der Waals surface area contributed by atoms with Gasteiger partial charge < -0.3 is 40.3 Å². The molecule has 1 aliphatic heterocycles. The maximum absolute atomic E-state index is 13.1. The fourth-order valence-electron chi connectivity index (χ4n) is 10.9. The summed E-state index contributed by atoms with van der Waals surface area (Å²) in [4.78, 5) is 13.1. The molecule has 454 valence electrons. The summed E-state index contributed by atoms with van der Waals surface area (Å²) in [6.45, 7) is 3.81. The van der Waals surface area contributed by atoms with E-state index in [1.165, 1.54) is 276 Å². The van der Waals surface area contributed by atoms with Gasteiger partial charge in [-0.05, 0) is 57.8 Å². The van der Waals surface area contributed by atoms with E-state index in [4.69, 9.17) is 9.47 Å². The Bertz CT molecular complexity index is 1310. The lowest BCUT2D eigenvalue weighted by molar-refractivity contribution is -0.302. The molecule has 0 saturated carbocycles. The molecule has 0 aromatic carbocycles. The Morgan fingerprint density at radius 3 is 1.09 bits per heavy atom. The second kappa shape index (κ2) is 57.6. The molecular weight excluding hydrogens is 959 g/mol. The summed E-state index contributed by atoms with van der Waals surface area (Å²) in [5.41, 5.74) is 0. The van der Waals surface area contributed by atoms with Crippen molar-refractivity contribution in [3.8, 4) is 0 Å². The van der Waals surface area contributed by atoms with Crippen LogP contribution in [0.1, 0.15) is 335 Å². The Hall–Kier alpha value is -1.59. The Morgan fingerprint density at radius 1 is 0.429 bits per heavy atom. The third-order valence-electron chi connectivity index (χ3n) is 16.2. The monoisotopic (exact) mass is 1090 g/mol. The third-order valence-corrected chi connectivity index (χ3v) is 16.2. The summed E-state index contributed by atoms with van der Waals surface area (Å²) in [6, 6.07) is -0.822. The zero-order chi connectivity index (χ0) is 55.8. The predicted octanol–water partition coefficient (Wildman–Crippen LogP) is 17.9. The topological polar surface area (TPSA) is 149 Å². The molecule has 1 amide bonds. The first-order valence-electron chi connectivity index (χ1n) is 33.7. The molecular formula is C68H129NO8. The molecule has 7 unspecified atom stereocenters. The van der Waals surface area contributed by atoms with Gasteiger partial charge in [0.2, 0.25) is 5.91 Å². The van der Waals surface area contributed by atoms with Crippen LogP contribution in [-0.4, -0.2) is 87.5 Å². The second-order valence-corrected chi connectivity index (χ2v) is 23.6. The quantitative estimate of drug-likeness (QED) is 0.0261. The minimum atomic E-state index is -1.57. The van der Waals surface area contributed by atoms with Gasteiger partial charge in [-0.2, -0.15) is 0 Å². The number of ether oxygens (including phenoxy) is 2. The highest BCUT2D eigenvalue weighted by Crippen LogP contribution is 2.23. The Kier molecular flexibility index (Phi) is 55.0. The minimum Gasteiger partial charge on any atom is -0.394 e. The van der Waals surface area contributed by atoms with E-state index < -0.39 is 49.5 Å². The summed E-state index contributed by atoms with van der Waals surface area (Å²) < 4.78 is 11.3. The van der Waals surface area contributed by atoms with Crippen molar-refractivity contribution in [2.75, 3.05) is 13.2 Å². The van der Waals surface area contributed by atoms with Crippen LogP contribution in [0.15, 0.2) is 36.5 Å². The second-order valence-electron chi connectivity index (χ2n) is 23.6. The van der Waals surface area contributed by atoms with E-state index >= 15 is 0 Å². The molecule has 1 fully saturated rings. The molecule has 1 heterocycles. The average molecular weight is 1090 g/mol. The summed E-state index contributed by atoms with van der Waals surface area (Å²) in [5.74, 6) is -0.182. The summed E-state index contributed by atoms with van der Waals surface area (Å²) in [7, 11) is 0. The number of aliphatic hydroxyl groups excluding tert-OH is 5. The number of aliphatic hydroxyl groups is 5. The van der Waals surface area contributed by atoms with Gasteiger partial charge in [0.15, 0.2) is 6.29 Å². The fourth-order valence-corrected chi connectivity index (χ4v) is 10.9. The average Bonchev–Trinajstić information content (AvgIpc) is 3.43. The maximum atomic E-state index is 13.1. The lowest BCUT2D eigenvalue weighted by atomic mass is 9.99. The molecule has 1 rings (SSSR count). The molecule has 0 aromatic heterocycles. The van der Waals surface area contributed by atoms with E-state index in [1.54, 1.807) is 6.08 Å². The van der Waals surface area contributed by atoms with Gasteiger partial charge in [0.1, 0.15) is 24.4 Å². The van der Waals surface area contributed by atoms with Gasteiger partial charge in [0.25, 0.3) is 0 Å². The molecule has 0 aromatic rings. The summed E-state index contributed by atoms with van der Waals surface area (Å²) in [6.07, 6.45) is 69.6. The zero-order valence-corrected chi connectivity index (χ0v) is 50.7. The molecule has 1 aliphatic rings. The minimum absolute atomic E-state index is 0.182. The number of carbonyl (C=O) groups is 1.